The van der Waals surface area contributed by atoms with Crippen molar-refractivity contribution >= 4 is 33.4 Å². The molecule has 2 rings (SSSR count). The third-order valence-corrected chi connectivity index (χ3v) is 6.10. The number of benzene rings is 2. The van der Waals surface area contributed by atoms with Gasteiger partial charge < -0.3 is 5.32 Å². The predicted octanol–water partition coefficient (Wildman–Crippen LogP) is 3.12. The lowest BCUT2D eigenvalue weighted by Crippen LogP contribution is -2.41. The zero-order valence-electron chi connectivity index (χ0n) is 15.9. The highest BCUT2D eigenvalue weighted by Gasteiger charge is 2.20. The van der Waals surface area contributed by atoms with Crippen molar-refractivity contribution in [3.63, 3.8) is 0 Å². The number of anilines is 1. The molecule has 0 aromatic heterocycles. The molecule has 1 N–H and O–H groups in total. The van der Waals surface area contributed by atoms with Crippen LogP contribution in [0.4, 0.5) is 5.69 Å². The molecular formula is C20H26N2O3S2. The quantitative estimate of drug-likeness (QED) is 0.650. The van der Waals surface area contributed by atoms with Gasteiger partial charge in [-0.1, -0.05) is 47.5 Å². The molecule has 0 atom stereocenters. The number of carbonyl (C=O) groups excluding carboxylic acids is 1. The lowest BCUT2D eigenvalue weighted by molar-refractivity contribution is -0.119. The number of thioether (sulfide) groups is 1. The Bertz CT molecular complexity index is 865. The van der Waals surface area contributed by atoms with Crippen LogP contribution in [0.2, 0.25) is 0 Å². The van der Waals surface area contributed by atoms with Crippen LogP contribution in [0.15, 0.2) is 48.5 Å². The van der Waals surface area contributed by atoms with Crippen LogP contribution in [0, 0.1) is 13.8 Å². The van der Waals surface area contributed by atoms with E-state index in [9.17, 15) is 13.2 Å². The Balaban J connectivity index is 1.81. The van der Waals surface area contributed by atoms with Crippen molar-refractivity contribution in [2.75, 3.05) is 29.4 Å². The highest BCUT2D eigenvalue weighted by atomic mass is 32.2. The topological polar surface area (TPSA) is 66.5 Å². The Morgan fingerprint density at radius 1 is 1.07 bits per heavy atom. The van der Waals surface area contributed by atoms with Gasteiger partial charge in [-0.15, -0.1) is 0 Å². The summed E-state index contributed by atoms with van der Waals surface area (Å²) in [6.07, 6.45) is 1.11. The summed E-state index contributed by atoms with van der Waals surface area (Å²) in [5.41, 5.74) is 4.02. The largest absolute Gasteiger partial charge is 0.354 e. The van der Waals surface area contributed by atoms with Crippen LogP contribution in [-0.2, 0) is 20.6 Å². The fraction of sp³-hybridized carbons (Fsp3) is 0.350. The molecule has 1 amide bonds. The number of aryl methyl sites for hydroxylation is 2. The van der Waals surface area contributed by atoms with Gasteiger partial charge in [0.2, 0.25) is 15.9 Å². The number of hydrogen-bond donors (Lipinski definition) is 1. The van der Waals surface area contributed by atoms with Gasteiger partial charge in [0.15, 0.2) is 0 Å². The van der Waals surface area contributed by atoms with Crippen molar-refractivity contribution in [3.05, 3.63) is 65.2 Å². The van der Waals surface area contributed by atoms with Gasteiger partial charge >= 0.3 is 0 Å². The Morgan fingerprint density at radius 2 is 1.78 bits per heavy atom. The zero-order valence-corrected chi connectivity index (χ0v) is 17.6. The van der Waals surface area contributed by atoms with Crippen LogP contribution in [0.3, 0.4) is 0 Å². The molecule has 0 unspecified atom stereocenters. The van der Waals surface area contributed by atoms with E-state index in [0.29, 0.717) is 12.2 Å². The molecular weight excluding hydrogens is 380 g/mol. The Hall–Kier alpha value is -1.99. The van der Waals surface area contributed by atoms with E-state index in [1.54, 1.807) is 23.9 Å². The highest BCUT2D eigenvalue weighted by molar-refractivity contribution is 7.98. The van der Waals surface area contributed by atoms with E-state index in [-0.39, 0.29) is 12.5 Å². The summed E-state index contributed by atoms with van der Waals surface area (Å²) in [7, 11) is -3.53. The van der Waals surface area contributed by atoms with Crippen LogP contribution < -0.4 is 9.62 Å². The van der Waals surface area contributed by atoms with Crippen molar-refractivity contribution < 1.29 is 13.2 Å². The number of rotatable bonds is 9. The molecule has 5 nitrogen and oxygen atoms in total. The summed E-state index contributed by atoms with van der Waals surface area (Å²) in [6.45, 7) is 4.27. The Morgan fingerprint density at radius 3 is 2.41 bits per heavy atom. The van der Waals surface area contributed by atoms with E-state index in [0.717, 1.165) is 27.6 Å². The average Bonchev–Trinajstić information content (AvgIpc) is 2.59. The van der Waals surface area contributed by atoms with Crippen LogP contribution in [0.25, 0.3) is 0 Å². The second-order valence-electron chi connectivity index (χ2n) is 6.50. The normalized spacial score (nSPS) is 11.2. The molecule has 2 aromatic carbocycles. The molecule has 0 bridgehead atoms. The minimum atomic E-state index is -3.53. The zero-order chi connectivity index (χ0) is 19.9. The smallest absolute Gasteiger partial charge is 0.240 e. The summed E-state index contributed by atoms with van der Waals surface area (Å²) >= 11 is 1.73. The number of nitrogens with zero attached hydrogens (tertiary/aromatic N) is 1. The lowest BCUT2D eigenvalue weighted by atomic mass is 10.2. The first-order valence-electron chi connectivity index (χ1n) is 8.70. The van der Waals surface area contributed by atoms with Gasteiger partial charge in [-0.25, -0.2) is 8.42 Å². The van der Waals surface area contributed by atoms with Gasteiger partial charge in [-0.3, -0.25) is 9.10 Å². The molecule has 0 fully saturated rings. The molecule has 0 aliphatic rings. The van der Waals surface area contributed by atoms with Crippen LogP contribution in [0.5, 0.6) is 0 Å². The Kier molecular flexibility index (Phi) is 7.74. The maximum Gasteiger partial charge on any atom is 0.240 e. The summed E-state index contributed by atoms with van der Waals surface area (Å²) in [5, 5.41) is 2.80. The first-order chi connectivity index (χ1) is 12.8. The van der Waals surface area contributed by atoms with Crippen molar-refractivity contribution in [2.24, 2.45) is 0 Å². The molecule has 7 heteroatoms. The van der Waals surface area contributed by atoms with E-state index < -0.39 is 10.0 Å². The SMILES string of the molecule is Cc1ccc(N(CC(=O)NCCSCc2cccc(C)c2)S(C)(=O)=O)cc1. The van der Waals surface area contributed by atoms with E-state index >= 15 is 0 Å². The van der Waals surface area contributed by atoms with E-state index in [1.807, 2.05) is 25.1 Å². The van der Waals surface area contributed by atoms with Crippen LogP contribution in [-0.4, -0.2) is 39.4 Å². The van der Waals surface area contributed by atoms with Crippen molar-refractivity contribution in [1.82, 2.24) is 5.32 Å². The summed E-state index contributed by atoms with van der Waals surface area (Å²) in [4.78, 5) is 12.2. The molecule has 27 heavy (non-hydrogen) atoms. The minimum Gasteiger partial charge on any atom is -0.354 e. The third-order valence-electron chi connectivity index (χ3n) is 3.93. The monoisotopic (exact) mass is 406 g/mol. The number of amides is 1. The first kappa shape index (κ1) is 21.3. The van der Waals surface area contributed by atoms with Crippen molar-refractivity contribution in [3.8, 4) is 0 Å². The molecule has 0 radical (unpaired) electrons. The Labute approximate surface area is 166 Å². The fourth-order valence-electron chi connectivity index (χ4n) is 2.55. The summed E-state index contributed by atoms with van der Waals surface area (Å²) < 4.78 is 25.2. The van der Waals surface area contributed by atoms with E-state index in [2.05, 4.69) is 30.4 Å². The second kappa shape index (κ2) is 9.80. The van der Waals surface area contributed by atoms with Gasteiger partial charge in [0.05, 0.1) is 11.9 Å². The minimum absolute atomic E-state index is 0.218. The van der Waals surface area contributed by atoms with E-state index in [4.69, 9.17) is 0 Å². The molecule has 0 heterocycles. The van der Waals surface area contributed by atoms with Gasteiger partial charge in [0, 0.05) is 18.1 Å². The standard InChI is InChI=1S/C20H26N2O3S2/c1-16-7-9-19(10-8-16)22(27(3,24)25)14-20(23)21-11-12-26-15-18-6-4-5-17(2)13-18/h4-10,13H,11-12,14-15H2,1-3H3,(H,21,23). The first-order valence-corrected chi connectivity index (χ1v) is 11.7. The molecule has 0 spiro atoms. The van der Waals surface area contributed by atoms with Crippen molar-refractivity contribution in [1.29, 1.82) is 0 Å². The maximum absolute atomic E-state index is 12.2. The molecule has 2 aromatic rings. The fourth-order valence-corrected chi connectivity index (χ4v) is 4.21. The molecule has 146 valence electrons. The van der Waals surface area contributed by atoms with Gasteiger partial charge in [0.25, 0.3) is 0 Å². The third kappa shape index (κ3) is 7.27. The highest BCUT2D eigenvalue weighted by Crippen LogP contribution is 2.18. The molecule has 0 saturated carbocycles. The number of hydrogen-bond acceptors (Lipinski definition) is 4. The molecule has 0 aliphatic heterocycles. The maximum atomic E-state index is 12.2. The predicted molar refractivity (Wildman–Crippen MR) is 114 cm³/mol. The second-order valence-corrected chi connectivity index (χ2v) is 9.51. The van der Waals surface area contributed by atoms with E-state index in [1.165, 1.54) is 11.1 Å². The molecule has 0 aliphatic carbocycles. The average molecular weight is 407 g/mol. The summed E-state index contributed by atoms with van der Waals surface area (Å²) in [5.74, 6) is 1.34. The molecule has 0 saturated heterocycles. The number of sulfonamides is 1. The summed E-state index contributed by atoms with van der Waals surface area (Å²) in [6, 6.07) is 15.4. The van der Waals surface area contributed by atoms with Gasteiger partial charge in [0.1, 0.15) is 6.54 Å². The lowest BCUT2D eigenvalue weighted by Gasteiger charge is -2.22. The van der Waals surface area contributed by atoms with Crippen molar-refractivity contribution in [2.45, 2.75) is 19.6 Å². The van der Waals surface area contributed by atoms with Crippen LogP contribution in [0.1, 0.15) is 16.7 Å². The number of carbonyl (C=O) groups is 1. The van der Waals surface area contributed by atoms with Gasteiger partial charge in [-0.05, 0) is 31.5 Å². The van der Waals surface area contributed by atoms with Gasteiger partial charge in [-0.2, -0.15) is 11.8 Å². The number of nitrogens with one attached hydrogen (secondary N) is 1. The van der Waals surface area contributed by atoms with Crippen LogP contribution >= 0.6 is 11.8 Å².